The van der Waals surface area contributed by atoms with E-state index in [0.717, 1.165) is 0 Å². The summed E-state index contributed by atoms with van der Waals surface area (Å²) in [6, 6.07) is 1.39. The van der Waals surface area contributed by atoms with Crippen LogP contribution in [0, 0.1) is 5.82 Å². The Morgan fingerprint density at radius 1 is 1.36 bits per heavy atom. The molecule has 0 aromatic heterocycles. The summed E-state index contributed by atoms with van der Waals surface area (Å²) in [7, 11) is 2.81. The van der Waals surface area contributed by atoms with Gasteiger partial charge in [-0.2, -0.15) is 0 Å². The van der Waals surface area contributed by atoms with Crippen molar-refractivity contribution in [2.75, 3.05) is 14.2 Å². The highest BCUT2D eigenvalue weighted by atomic mass is 79.9. The van der Waals surface area contributed by atoms with Gasteiger partial charge < -0.3 is 14.6 Å². The van der Waals surface area contributed by atoms with Crippen LogP contribution in [-0.4, -0.2) is 19.3 Å². The van der Waals surface area contributed by atoms with E-state index in [-0.39, 0.29) is 16.8 Å². The summed E-state index contributed by atoms with van der Waals surface area (Å²) >= 11 is 3.03. The van der Waals surface area contributed by atoms with E-state index in [0.29, 0.717) is 11.3 Å². The largest absolute Gasteiger partial charge is 0.496 e. The minimum absolute atomic E-state index is 0.0749. The molecule has 0 atom stereocenters. The van der Waals surface area contributed by atoms with E-state index in [1.54, 1.807) is 0 Å². The van der Waals surface area contributed by atoms with E-state index in [1.807, 2.05) is 0 Å². The molecule has 14 heavy (non-hydrogen) atoms. The topological polar surface area (TPSA) is 38.7 Å². The normalized spacial score (nSPS) is 10.1. The molecule has 1 aromatic rings. The third-order valence-electron chi connectivity index (χ3n) is 1.83. The molecule has 0 amide bonds. The molecule has 0 aliphatic heterocycles. The van der Waals surface area contributed by atoms with E-state index in [2.05, 4.69) is 15.9 Å². The van der Waals surface area contributed by atoms with Gasteiger partial charge in [0, 0.05) is 11.6 Å². The van der Waals surface area contributed by atoms with Gasteiger partial charge in [-0.15, -0.1) is 0 Å². The van der Waals surface area contributed by atoms with Crippen molar-refractivity contribution in [3.05, 3.63) is 21.9 Å². The quantitative estimate of drug-likeness (QED) is 0.909. The summed E-state index contributed by atoms with van der Waals surface area (Å²) in [6.07, 6.45) is 0. The summed E-state index contributed by atoms with van der Waals surface area (Å²) < 4.78 is 23.4. The molecule has 3 nitrogen and oxygen atoms in total. The lowest BCUT2D eigenvalue weighted by Gasteiger charge is -2.12. The molecule has 1 aromatic carbocycles. The lowest BCUT2D eigenvalue weighted by Crippen LogP contribution is -1.98. The molecule has 1 rings (SSSR count). The second-order valence-corrected chi connectivity index (χ2v) is 3.34. The van der Waals surface area contributed by atoms with Gasteiger partial charge in [-0.25, -0.2) is 4.39 Å². The van der Waals surface area contributed by atoms with Crippen LogP contribution < -0.4 is 9.47 Å². The fourth-order valence-corrected chi connectivity index (χ4v) is 1.61. The molecule has 0 radical (unpaired) electrons. The van der Waals surface area contributed by atoms with Gasteiger partial charge in [0.2, 0.25) is 0 Å². The van der Waals surface area contributed by atoms with Gasteiger partial charge in [0.15, 0.2) is 11.6 Å². The second-order valence-electron chi connectivity index (χ2n) is 2.55. The van der Waals surface area contributed by atoms with Gasteiger partial charge in [0.25, 0.3) is 0 Å². The molecule has 78 valence electrons. The Hall–Kier alpha value is -0.810. The van der Waals surface area contributed by atoms with Crippen molar-refractivity contribution in [1.29, 1.82) is 0 Å². The van der Waals surface area contributed by atoms with Gasteiger partial charge >= 0.3 is 0 Å². The van der Waals surface area contributed by atoms with Gasteiger partial charge in [0.1, 0.15) is 5.75 Å². The van der Waals surface area contributed by atoms with Crippen molar-refractivity contribution >= 4 is 15.9 Å². The van der Waals surface area contributed by atoms with E-state index in [4.69, 9.17) is 14.6 Å². The summed E-state index contributed by atoms with van der Waals surface area (Å²) in [6.45, 7) is -0.301. The summed E-state index contributed by atoms with van der Waals surface area (Å²) in [4.78, 5) is 0. The van der Waals surface area contributed by atoms with E-state index >= 15 is 0 Å². The molecule has 0 saturated carbocycles. The van der Waals surface area contributed by atoms with Crippen molar-refractivity contribution in [2.45, 2.75) is 6.61 Å². The van der Waals surface area contributed by atoms with Crippen LogP contribution in [0.4, 0.5) is 4.39 Å². The maximum atomic E-state index is 13.4. The summed E-state index contributed by atoms with van der Waals surface area (Å²) in [5, 5.41) is 9.00. The minimum atomic E-state index is -0.544. The zero-order valence-electron chi connectivity index (χ0n) is 7.80. The van der Waals surface area contributed by atoms with Crippen LogP contribution in [0.3, 0.4) is 0 Å². The number of ether oxygens (including phenoxy) is 2. The van der Waals surface area contributed by atoms with Crippen molar-refractivity contribution in [1.82, 2.24) is 0 Å². The van der Waals surface area contributed by atoms with Crippen molar-refractivity contribution in [3.8, 4) is 11.5 Å². The molecule has 0 heterocycles. The Balaban J connectivity index is 3.38. The molecular weight excluding hydrogens is 255 g/mol. The Morgan fingerprint density at radius 2 is 1.93 bits per heavy atom. The molecule has 0 bridgehead atoms. The predicted molar refractivity (Wildman–Crippen MR) is 53.1 cm³/mol. The standard InChI is InChI=1S/C9H10BrFO3/c1-13-6-3-7(14-2)9(11)8(10)5(6)4-12/h3,12H,4H2,1-2H3. The molecule has 0 spiro atoms. The summed E-state index contributed by atoms with van der Waals surface area (Å²) in [5.41, 5.74) is 0.366. The fraction of sp³-hybridized carbons (Fsp3) is 0.333. The zero-order valence-corrected chi connectivity index (χ0v) is 9.39. The van der Waals surface area contributed by atoms with Crippen LogP contribution in [0.25, 0.3) is 0 Å². The molecule has 0 fully saturated rings. The highest BCUT2D eigenvalue weighted by molar-refractivity contribution is 9.10. The Morgan fingerprint density at radius 3 is 2.36 bits per heavy atom. The number of aliphatic hydroxyl groups is 1. The van der Waals surface area contributed by atoms with Crippen LogP contribution in [0.2, 0.25) is 0 Å². The SMILES string of the molecule is COc1cc(OC)c(CO)c(Br)c1F. The van der Waals surface area contributed by atoms with E-state index in [9.17, 15) is 4.39 Å². The number of rotatable bonds is 3. The van der Waals surface area contributed by atoms with Gasteiger partial charge in [-0.05, 0) is 15.9 Å². The monoisotopic (exact) mass is 264 g/mol. The molecular formula is C9H10BrFO3. The van der Waals surface area contributed by atoms with Gasteiger partial charge in [0.05, 0.1) is 25.3 Å². The first kappa shape index (κ1) is 11.3. The Bertz CT molecular complexity index is 341. The third kappa shape index (κ3) is 1.83. The maximum Gasteiger partial charge on any atom is 0.179 e. The van der Waals surface area contributed by atoms with E-state index in [1.165, 1.54) is 20.3 Å². The highest BCUT2D eigenvalue weighted by Gasteiger charge is 2.16. The lowest BCUT2D eigenvalue weighted by molar-refractivity contribution is 0.270. The number of hydrogen-bond acceptors (Lipinski definition) is 3. The first-order valence-corrected chi connectivity index (χ1v) is 4.64. The number of benzene rings is 1. The van der Waals surface area contributed by atoms with Gasteiger partial charge in [-0.3, -0.25) is 0 Å². The van der Waals surface area contributed by atoms with E-state index < -0.39 is 5.82 Å². The van der Waals surface area contributed by atoms with Crippen LogP contribution in [0.1, 0.15) is 5.56 Å². The molecule has 0 saturated heterocycles. The molecule has 5 heteroatoms. The maximum absolute atomic E-state index is 13.4. The number of hydrogen-bond donors (Lipinski definition) is 1. The number of aliphatic hydroxyl groups excluding tert-OH is 1. The highest BCUT2D eigenvalue weighted by Crippen LogP contribution is 2.35. The molecule has 0 aliphatic carbocycles. The Kier molecular flexibility index (Phi) is 3.71. The van der Waals surface area contributed by atoms with Crippen molar-refractivity contribution < 1.29 is 19.0 Å². The molecule has 0 unspecified atom stereocenters. The van der Waals surface area contributed by atoms with Crippen LogP contribution in [0.5, 0.6) is 11.5 Å². The predicted octanol–water partition coefficient (Wildman–Crippen LogP) is 2.10. The minimum Gasteiger partial charge on any atom is -0.496 e. The average molecular weight is 265 g/mol. The van der Waals surface area contributed by atoms with Crippen molar-refractivity contribution in [2.24, 2.45) is 0 Å². The second kappa shape index (κ2) is 4.61. The van der Waals surface area contributed by atoms with Crippen LogP contribution in [-0.2, 0) is 6.61 Å². The van der Waals surface area contributed by atoms with Gasteiger partial charge in [-0.1, -0.05) is 0 Å². The fourth-order valence-electron chi connectivity index (χ4n) is 1.10. The third-order valence-corrected chi connectivity index (χ3v) is 2.66. The zero-order chi connectivity index (χ0) is 10.7. The summed E-state index contributed by atoms with van der Waals surface area (Å²) in [5.74, 6) is -0.0825. The van der Waals surface area contributed by atoms with Crippen molar-refractivity contribution in [3.63, 3.8) is 0 Å². The average Bonchev–Trinajstić information content (AvgIpc) is 2.21. The number of halogens is 2. The first-order valence-electron chi connectivity index (χ1n) is 3.85. The smallest absolute Gasteiger partial charge is 0.179 e. The van der Waals surface area contributed by atoms with Crippen LogP contribution in [0.15, 0.2) is 10.5 Å². The van der Waals surface area contributed by atoms with Crippen LogP contribution >= 0.6 is 15.9 Å². The Labute approximate surface area is 89.6 Å². The first-order chi connectivity index (χ1) is 6.65. The number of methoxy groups -OCH3 is 2. The molecule has 1 N–H and O–H groups in total. The lowest BCUT2D eigenvalue weighted by atomic mass is 10.2. The molecule has 0 aliphatic rings.